The van der Waals surface area contributed by atoms with E-state index < -0.39 is 0 Å². The Balaban J connectivity index is 1.84. The van der Waals surface area contributed by atoms with E-state index in [1.54, 1.807) is 12.1 Å². The van der Waals surface area contributed by atoms with Gasteiger partial charge in [-0.2, -0.15) is 4.98 Å². The van der Waals surface area contributed by atoms with Gasteiger partial charge in [-0.15, -0.1) is 0 Å². The third-order valence-corrected chi connectivity index (χ3v) is 3.23. The van der Waals surface area contributed by atoms with Crippen molar-refractivity contribution in [2.75, 3.05) is 10.6 Å². The van der Waals surface area contributed by atoms with E-state index in [9.17, 15) is 4.39 Å². The molecule has 1 heterocycles. The van der Waals surface area contributed by atoms with Crippen LogP contribution in [0.25, 0.3) is 0 Å². The Labute approximate surface area is 134 Å². The minimum atomic E-state index is -0.305. The Morgan fingerprint density at radius 1 is 0.826 bits per heavy atom. The summed E-state index contributed by atoms with van der Waals surface area (Å²) in [6.45, 7) is 3.92. The van der Waals surface area contributed by atoms with Crippen LogP contribution in [0.1, 0.15) is 11.3 Å². The summed E-state index contributed by atoms with van der Waals surface area (Å²) in [6.07, 6.45) is 0. The normalized spacial score (nSPS) is 10.4. The first-order valence-corrected chi connectivity index (χ1v) is 7.30. The molecule has 3 aromatic rings. The van der Waals surface area contributed by atoms with Gasteiger partial charge in [-0.1, -0.05) is 18.2 Å². The topological polar surface area (TPSA) is 49.8 Å². The van der Waals surface area contributed by atoms with Gasteiger partial charge in [0, 0.05) is 23.1 Å². The lowest BCUT2D eigenvalue weighted by atomic mass is 10.2. The molecule has 0 saturated heterocycles. The Kier molecular flexibility index (Phi) is 4.19. The summed E-state index contributed by atoms with van der Waals surface area (Å²) in [5, 5.41) is 6.28. The fraction of sp³-hybridized carbons (Fsp3) is 0.111. The van der Waals surface area contributed by atoms with E-state index in [4.69, 9.17) is 0 Å². The highest BCUT2D eigenvalue weighted by Gasteiger charge is 2.04. The molecule has 2 N–H and O–H groups in total. The zero-order valence-electron chi connectivity index (χ0n) is 13.0. The lowest BCUT2D eigenvalue weighted by Crippen LogP contribution is -2.02. The van der Waals surface area contributed by atoms with Gasteiger partial charge >= 0.3 is 0 Å². The van der Waals surface area contributed by atoms with Crippen LogP contribution in [-0.4, -0.2) is 9.97 Å². The predicted octanol–water partition coefficient (Wildman–Crippen LogP) is 4.72. The van der Waals surface area contributed by atoms with E-state index in [2.05, 4.69) is 20.6 Å². The smallest absolute Gasteiger partial charge is 0.229 e. The lowest BCUT2D eigenvalue weighted by Gasteiger charge is -2.10. The number of anilines is 4. The van der Waals surface area contributed by atoms with Crippen LogP contribution in [0.15, 0.2) is 54.6 Å². The summed E-state index contributed by atoms with van der Waals surface area (Å²) in [5.74, 6) is 0.800. The van der Waals surface area contributed by atoms with E-state index in [1.165, 1.54) is 17.7 Å². The Morgan fingerprint density at radius 3 is 2.30 bits per heavy atom. The van der Waals surface area contributed by atoms with Gasteiger partial charge in [0.25, 0.3) is 0 Å². The first-order chi connectivity index (χ1) is 11.1. The molecule has 0 radical (unpaired) electrons. The van der Waals surface area contributed by atoms with Crippen molar-refractivity contribution in [2.45, 2.75) is 13.8 Å². The maximum absolute atomic E-state index is 13.3. The molecule has 0 unspecified atom stereocenters. The van der Waals surface area contributed by atoms with Crippen molar-refractivity contribution in [1.82, 2.24) is 9.97 Å². The molecular weight excluding hydrogens is 291 g/mol. The molecule has 2 aromatic carbocycles. The van der Waals surface area contributed by atoms with E-state index in [0.717, 1.165) is 11.4 Å². The van der Waals surface area contributed by atoms with Gasteiger partial charge < -0.3 is 10.6 Å². The molecule has 5 heteroatoms. The number of nitrogens with zero attached hydrogens (tertiary/aromatic N) is 2. The van der Waals surface area contributed by atoms with E-state index in [-0.39, 0.29) is 5.82 Å². The number of hydrogen-bond acceptors (Lipinski definition) is 4. The van der Waals surface area contributed by atoms with Crippen molar-refractivity contribution in [1.29, 1.82) is 0 Å². The van der Waals surface area contributed by atoms with Crippen molar-refractivity contribution < 1.29 is 4.39 Å². The fourth-order valence-corrected chi connectivity index (χ4v) is 2.25. The second-order valence-electron chi connectivity index (χ2n) is 5.35. The van der Waals surface area contributed by atoms with Crippen LogP contribution >= 0.6 is 0 Å². The van der Waals surface area contributed by atoms with E-state index in [1.807, 2.05) is 44.2 Å². The van der Waals surface area contributed by atoms with Crippen molar-refractivity contribution >= 4 is 23.1 Å². The molecule has 0 bridgehead atoms. The Bertz CT molecular complexity index is 767. The standard InChI is InChI=1S/C18H17FN4/c1-12-5-3-7-15(9-12)21-17-10-13(2)20-18(23-17)22-16-8-4-6-14(19)11-16/h3-11H,1-2H3,(H2,20,21,22,23). The maximum Gasteiger partial charge on any atom is 0.229 e. The molecule has 0 aliphatic heterocycles. The predicted molar refractivity (Wildman–Crippen MR) is 90.9 cm³/mol. The molecule has 0 fully saturated rings. The van der Waals surface area contributed by atoms with Crippen molar-refractivity contribution in [3.05, 3.63) is 71.7 Å². The third kappa shape index (κ3) is 4.03. The minimum Gasteiger partial charge on any atom is -0.340 e. The van der Waals surface area contributed by atoms with Gasteiger partial charge in [-0.25, -0.2) is 9.37 Å². The molecule has 23 heavy (non-hydrogen) atoms. The van der Waals surface area contributed by atoms with Crippen molar-refractivity contribution in [3.63, 3.8) is 0 Å². The van der Waals surface area contributed by atoms with Crippen LogP contribution in [0, 0.1) is 19.7 Å². The van der Waals surface area contributed by atoms with Crippen molar-refractivity contribution in [2.24, 2.45) is 0 Å². The third-order valence-electron chi connectivity index (χ3n) is 3.23. The minimum absolute atomic E-state index is 0.305. The van der Waals surface area contributed by atoms with E-state index >= 15 is 0 Å². The van der Waals surface area contributed by atoms with Crippen LogP contribution in [0.2, 0.25) is 0 Å². The SMILES string of the molecule is Cc1cccc(Nc2cc(C)nc(Nc3cccc(F)c3)n2)c1. The number of aromatic nitrogens is 2. The second kappa shape index (κ2) is 6.44. The average Bonchev–Trinajstić information content (AvgIpc) is 2.46. The summed E-state index contributed by atoms with van der Waals surface area (Å²) >= 11 is 0. The quantitative estimate of drug-likeness (QED) is 0.732. The highest BCUT2D eigenvalue weighted by atomic mass is 19.1. The molecule has 0 atom stereocenters. The largest absolute Gasteiger partial charge is 0.340 e. The van der Waals surface area contributed by atoms with E-state index in [0.29, 0.717) is 17.5 Å². The highest BCUT2D eigenvalue weighted by molar-refractivity contribution is 5.60. The molecule has 0 spiro atoms. The van der Waals surface area contributed by atoms with Gasteiger partial charge in [0.1, 0.15) is 11.6 Å². The molecule has 116 valence electrons. The summed E-state index contributed by atoms with van der Waals surface area (Å²) in [7, 11) is 0. The molecule has 4 nitrogen and oxygen atoms in total. The number of benzene rings is 2. The number of halogens is 1. The van der Waals surface area contributed by atoms with Crippen LogP contribution < -0.4 is 10.6 Å². The lowest BCUT2D eigenvalue weighted by molar-refractivity contribution is 0.628. The summed E-state index contributed by atoms with van der Waals surface area (Å²) in [5.41, 5.74) is 3.55. The molecule has 1 aromatic heterocycles. The zero-order chi connectivity index (χ0) is 16.2. The first kappa shape index (κ1) is 15.0. The fourth-order valence-electron chi connectivity index (χ4n) is 2.25. The van der Waals surface area contributed by atoms with Crippen LogP contribution in [0.3, 0.4) is 0 Å². The Hall–Kier alpha value is -2.95. The molecule has 0 aliphatic carbocycles. The van der Waals surface area contributed by atoms with Gasteiger partial charge in [-0.05, 0) is 49.7 Å². The number of rotatable bonds is 4. The summed E-state index contributed by atoms with van der Waals surface area (Å²) in [6, 6.07) is 16.1. The maximum atomic E-state index is 13.3. The van der Waals surface area contributed by atoms with Crippen LogP contribution in [-0.2, 0) is 0 Å². The average molecular weight is 308 g/mol. The summed E-state index contributed by atoms with van der Waals surface area (Å²) in [4.78, 5) is 8.76. The second-order valence-corrected chi connectivity index (χ2v) is 5.35. The molecular formula is C18H17FN4. The van der Waals surface area contributed by atoms with Crippen LogP contribution in [0.4, 0.5) is 27.5 Å². The molecule has 0 aliphatic rings. The Morgan fingerprint density at radius 2 is 1.57 bits per heavy atom. The molecule has 3 rings (SSSR count). The first-order valence-electron chi connectivity index (χ1n) is 7.30. The van der Waals surface area contributed by atoms with Gasteiger partial charge in [0.2, 0.25) is 5.95 Å². The highest BCUT2D eigenvalue weighted by Crippen LogP contribution is 2.20. The molecule has 0 amide bonds. The van der Waals surface area contributed by atoms with Gasteiger partial charge in [0.15, 0.2) is 0 Å². The van der Waals surface area contributed by atoms with Crippen LogP contribution in [0.5, 0.6) is 0 Å². The van der Waals surface area contributed by atoms with Crippen molar-refractivity contribution in [3.8, 4) is 0 Å². The zero-order valence-corrected chi connectivity index (χ0v) is 13.0. The number of nitrogens with one attached hydrogen (secondary N) is 2. The number of aryl methyl sites for hydroxylation is 2. The summed E-state index contributed by atoms with van der Waals surface area (Å²) < 4.78 is 13.3. The monoisotopic (exact) mass is 308 g/mol. The van der Waals surface area contributed by atoms with Gasteiger partial charge in [-0.3, -0.25) is 0 Å². The number of hydrogen-bond donors (Lipinski definition) is 2. The molecule has 0 saturated carbocycles. The van der Waals surface area contributed by atoms with Gasteiger partial charge in [0.05, 0.1) is 0 Å².